The molecule has 0 spiro atoms. The molecule has 0 aliphatic heterocycles. The van der Waals surface area contributed by atoms with Crippen molar-refractivity contribution >= 4 is 18.3 Å². The van der Waals surface area contributed by atoms with Crippen molar-refractivity contribution in [1.82, 2.24) is 5.32 Å². The number of methoxy groups -OCH3 is 2. The Hall–Kier alpha value is -1.46. The zero-order chi connectivity index (χ0) is 15.3. The Bertz CT molecular complexity index is 478. The lowest BCUT2D eigenvalue weighted by molar-refractivity contribution is -0.129. The molecule has 120 valence electrons. The van der Waals surface area contributed by atoms with Crippen LogP contribution in [0.5, 0.6) is 11.5 Å². The lowest BCUT2D eigenvalue weighted by atomic mass is 9.92. The molecule has 0 saturated carbocycles. The van der Waals surface area contributed by atoms with Crippen molar-refractivity contribution in [3.05, 3.63) is 23.8 Å². The van der Waals surface area contributed by atoms with Crippen molar-refractivity contribution in [1.29, 1.82) is 0 Å². The smallest absolute Gasteiger partial charge is 0.227 e. The van der Waals surface area contributed by atoms with Crippen LogP contribution < -0.4 is 20.5 Å². The number of nitrogens with one attached hydrogen (secondary N) is 1. The van der Waals surface area contributed by atoms with Crippen LogP contribution in [0.2, 0.25) is 0 Å². The van der Waals surface area contributed by atoms with Gasteiger partial charge in [0.05, 0.1) is 25.7 Å². The zero-order valence-electron chi connectivity index (χ0n) is 13.2. The predicted octanol–water partition coefficient (Wildman–Crippen LogP) is 2.29. The number of hydrogen-bond acceptors (Lipinski definition) is 4. The molecule has 1 amide bonds. The summed E-state index contributed by atoms with van der Waals surface area (Å²) < 4.78 is 10.5. The van der Waals surface area contributed by atoms with Crippen molar-refractivity contribution < 1.29 is 14.3 Å². The molecule has 0 fully saturated rings. The third-order valence-corrected chi connectivity index (χ3v) is 3.38. The summed E-state index contributed by atoms with van der Waals surface area (Å²) >= 11 is 0. The molecule has 1 aromatic carbocycles. The monoisotopic (exact) mass is 316 g/mol. The minimum absolute atomic E-state index is 0. The molecule has 0 radical (unpaired) electrons. The predicted molar refractivity (Wildman–Crippen MR) is 86.2 cm³/mol. The zero-order valence-corrected chi connectivity index (χ0v) is 14.0. The van der Waals surface area contributed by atoms with Crippen LogP contribution in [0, 0.1) is 5.41 Å². The van der Waals surface area contributed by atoms with Gasteiger partial charge in [0, 0.05) is 12.1 Å². The molecule has 0 bridgehead atoms. The summed E-state index contributed by atoms with van der Waals surface area (Å²) in [6.07, 6.45) is 0. The van der Waals surface area contributed by atoms with Gasteiger partial charge in [0.25, 0.3) is 0 Å². The number of rotatable bonds is 6. The van der Waals surface area contributed by atoms with E-state index in [0.29, 0.717) is 12.3 Å². The molecule has 21 heavy (non-hydrogen) atoms. The summed E-state index contributed by atoms with van der Waals surface area (Å²) in [7, 11) is 3.20. The maximum absolute atomic E-state index is 12.2. The first-order valence-electron chi connectivity index (χ1n) is 6.58. The molecule has 0 heterocycles. The molecule has 0 saturated heterocycles. The van der Waals surface area contributed by atoms with E-state index >= 15 is 0 Å². The van der Waals surface area contributed by atoms with Crippen LogP contribution in [0.3, 0.4) is 0 Å². The highest BCUT2D eigenvalue weighted by Crippen LogP contribution is 2.29. The largest absolute Gasteiger partial charge is 0.497 e. The Kier molecular flexibility index (Phi) is 7.53. The molecule has 5 nitrogen and oxygen atoms in total. The van der Waals surface area contributed by atoms with Gasteiger partial charge in [-0.25, -0.2) is 0 Å². The van der Waals surface area contributed by atoms with Crippen LogP contribution in [0.1, 0.15) is 32.4 Å². The van der Waals surface area contributed by atoms with Gasteiger partial charge >= 0.3 is 0 Å². The normalized spacial score (nSPS) is 12.1. The molecule has 3 N–H and O–H groups in total. The average molecular weight is 317 g/mol. The third kappa shape index (κ3) is 4.79. The van der Waals surface area contributed by atoms with E-state index in [0.717, 1.165) is 11.3 Å². The van der Waals surface area contributed by atoms with E-state index in [1.165, 1.54) is 0 Å². The van der Waals surface area contributed by atoms with Crippen molar-refractivity contribution in [3.63, 3.8) is 0 Å². The molecule has 6 heteroatoms. The second kappa shape index (κ2) is 8.10. The second-order valence-electron chi connectivity index (χ2n) is 5.39. The Morgan fingerprint density at radius 3 is 2.43 bits per heavy atom. The first-order chi connectivity index (χ1) is 9.35. The first-order valence-corrected chi connectivity index (χ1v) is 6.58. The first kappa shape index (κ1) is 19.5. The van der Waals surface area contributed by atoms with Gasteiger partial charge in [-0.2, -0.15) is 0 Å². The minimum atomic E-state index is -0.597. The number of carbonyl (C=O) groups is 1. The van der Waals surface area contributed by atoms with Gasteiger partial charge in [-0.3, -0.25) is 4.79 Å². The van der Waals surface area contributed by atoms with E-state index < -0.39 is 5.41 Å². The molecule has 1 rings (SSSR count). The van der Waals surface area contributed by atoms with E-state index in [1.807, 2.05) is 39.0 Å². The highest BCUT2D eigenvalue weighted by Gasteiger charge is 2.27. The standard InChI is InChI=1S/C15H24N2O3.ClH/c1-10(17-14(18)15(2,3)9-16)12-8-11(19-4)6-7-13(12)20-5;/h6-8,10H,9,16H2,1-5H3,(H,17,18);1H. The molecule has 1 aromatic rings. The Labute approximate surface area is 132 Å². The van der Waals surface area contributed by atoms with Gasteiger partial charge in [0.2, 0.25) is 5.91 Å². The summed E-state index contributed by atoms with van der Waals surface area (Å²) in [5, 5.41) is 2.96. The Morgan fingerprint density at radius 2 is 1.95 bits per heavy atom. The Balaban J connectivity index is 0.00000400. The van der Waals surface area contributed by atoms with E-state index in [2.05, 4.69) is 5.32 Å². The van der Waals surface area contributed by atoms with Crippen LogP contribution in [-0.2, 0) is 4.79 Å². The summed E-state index contributed by atoms with van der Waals surface area (Å²) in [6, 6.07) is 5.31. The van der Waals surface area contributed by atoms with Crippen LogP contribution in [-0.4, -0.2) is 26.7 Å². The Morgan fingerprint density at radius 1 is 1.33 bits per heavy atom. The van der Waals surface area contributed by atoms with Gasteiger partial charge in [-0.15, -0.1) is 12.4 Å². The van der Waals surface area contributed by atoms with Crippen LogP contribution in [0.15, 0.2) is 18.2 Å². The lowest BCUT2D eigenvalue weighted by Gasteiger charge is -2.25. The highest BCUT2D eigenvalue weighted by atomic mass is 35.5. The van der Waals surface area contributed by atoms with Crippen LogP contribution >= 0.6 is 12.4 Å². The minimum Gasteiger partial charge on any atom is -0.497 e. The number of benzene rings is 1. The molecule has 0 aromatic heterocycles. The van der Waals surface area contributed by atoms with E-state index in [4.69, 9.17) is 15.2 Å². The fourth-order valence-electron chi connectivity index (χ4n) is 1.74. The SMILES string of the molecule is COc1ccc(OC)c(C(C)NC(=O)C(C)(C)CN)c1.Cl. The van der Waals surface area contributed by atoms with E-state index in [-0.39, 0.29) is 24.4 Å². The second-order valence-corrected chi connectivity index (χ2v) is 5.39. The van der Waals surface area contributed by atoms with E-state index in [9.17, 15) is 4.79 Å². The summed E-state index contributed by atoms with van der Waals surface area (Å²) in [6.45, 7) is 5.83. The van der Waals surface area contributed by atoms with Crippen LogP contribution in [0.4, 0.5) is 0 Å². The average Bonchev–Trinajstić information content (AvgIpc) is 2.46. The number of amides is 1. The van der Waals surface area contributed by atoms with Crippen molar-refractivity contribution in [3.8, 4) is 11.5 Å². The van der Waals surface area contributed by atoms with Gasteiger partial charge in [-0.1, -0.05) is 0 Å². The third-order valence-electron chi connectivity index (χ3n) is 3.38. The summed E-state index contributed by atoms with van der Waals surface area (Å²) in [5.74, 6) is 1.35. The lowest BCUT2D eigenvalue weighted by Crippen LogP contribution is -2.42. The van der Waals surface area contributed by atoms with Crippen molar-refractivity contribution in [2.45, 2.75) is 26.8 Å². The van der Waals surface area contributed by atoms with Crippen molar-refractivity contribution in [2.24, 2.45) is 11.1 Å². The quantitative estimate of drug-likeness (QED) is 0.844. The topological polar surface area (TPSA) is 73.6 Å². The summed E-state index contributed by atoms with van der Waals surface area (Å²) in [4.78, 5) is 12.2. The van der Waals surface area contributed by atoms with E-state index in [1.54, 1.807) is 14.2 Å². The summed E-state index contributed by atoms with van der Waals surface area (Å²) in [5.41, 5.74) is 5.89. The van der Waals surface area contributed by atoms with Gasteiger partial charge in [0.15, 0.2) is 0 Å². The molecule has 1 unspecified atom stereocenters. The van der Waals surface area contributed by atoms with Gasteiger partial charge in [-0.05, 0) is 39.0 Å². The fraction of sp³-hybridized carbons (Fsp3) is 0.533. The van der Waals surface area contributed by atoms with Crippen LogP contribution in [0.25, 0.3) is 0 Å². The van der Waals surface area contributed by atoms with Gasteiger partial charge < -0.3 is 20.5 Å². The van der Waals surface area contributed by atoms with Crippen molar-refractivity contribution in [2.75, 3.05) is 20.8 Å². The fourth-order valence-corrected chi connectivity index (χ4v) is 1.74. The maximum Gasteiger partial charge on any atom is 0.227 e. The number of nitrogens with two attached hydrogens (primary N) is 1. The number of carbonyl (C=O) groups excluding carboxylic acids is 1. The maximum atomic E-state index is 12.2. The molecular formula is C15H25ClN2O3. The molecular weight excluding hydrogens is 292 g/mol. The number of hydrogen-bond donors (Lipinski definition) is 2. The molecule has 0 aliphatic carbocycles. The van der Waals surface area contributed by atoms with Gasteiger partial charge in [0.1, 0.15) is 11.5 Å². The molecule has 1 atom stereocenters. The molecule has 0 aliphatic rings. The number of halogens is 1. The number of ether oxygens (including phenoxy) is 2. The highest BCUT2D eigenvalue weighted by molar-refractivity contribution is 5.85.